The number of ether oxygens (including phenoxy) is 1. The van der Waals surface area contributed by atoms with Gasteiger partial charge in [0.25, 0.3) is 0 Å². The van der Waals surface area contributed by atoms with Crippen molar-refractivity contribution in [1.82, 2.24) is 5.32 Å². The molecular weight excluding hydrogens is 216 g/mol. The minimum atomic E-state index is -0.472. The molecule has 3 atom stereocenters. The minimum absolute atomic E-state index is 0.181. The van der Waals surface area contributed by atoms with Crippen LogP contribution in [0.5, 0.6) is 0 Å². The monoisotopic (exact) mass is 240 g/mol. The van der Waals surface area contributed by atoms with Gasteiger partial charge in [-0.3, -0.25) is 4.79 Å². The molecule has 2 aliphatic rings. The Bertz CT molecular complexity index is 277. The number of nitrogens with one attached hydrogen (secondary N) is 1. The van der Waals surface area contributed by atoms with E-state index in [1.807, 2.05) is 0 Å². The molecule has 1 heterocycles. The van der Waals surface area contributed by atoms with Crippen molar-refractivity contribution >= 4 is 5.91 Å². The summed E-state index contributed by atoms with van der Waals surface area (Å²) in [5.41, 5.74) is 5.17. The highest BCUT2D eigenvalue weighted by Crippen LogP contribution is 2.37. The molecule has 1 aliphatic carbocycles. The van der Waals surface area contributed by atoms with Crippen LogP contribution in [0.3, 0.4) is 0 Å². The molecule has 0 spiro atoms. The van der Waals surface area contributed by atoms with Crippen molar-refractivity contribution in [3.63, 3.8) is 0 Å². The van der Waals surface area contributed by atoms with Crippen LogP contribution in [0.15, 0.2) is 0 Å². The average molecular weight is 240 g/mol. The number of hydrogen-bond acceptors (Lipinski definition) is 3. The predicted molar refractivity (Wildman–Crippen MR) is 66.5 cm³/mol. The fourth-order valence-electron chi connectivity index (χ4n) is 3.38. The Morgan fingerprint density at radius 2 is 2.29 bits per heavy atom. The van der Waals surface area contributed by atoms with Gasteiger partial charge in [0.05, 0.1) is 6.10 Å². The van der Waals surface area contributed by atoms with E-state index >= 15 is 0 Å². The number of nitrogens with two attached hydrogens (primary N) is 1. The maximum absolute atomic E-state index is 11.8. The lowest BCUT2D eigenvalue weighted by Crippen LogP contribution is -2.59. The first-order chi connectivity index (χ1) is 8.19. The molecule has 2 rings (SSSR count). The normalized spacial score (nSPS) is 37.5. The van der Waals surface area contributed by atoms with E-state index in [9.17, 15) is 4.79 Å². The van der Waals surface area contributed by atoms with Gasteiger partial charge in [0.2, 0.25) is 5.91 Å². The van der Waals surface area contributed by atoms with Gasteiger partial charge in [-0.05, 0) is 31.6 Å². The third-order valence-corrected chi connectivity index (χ3v) is 4.42. The van der Waals surface area contributed by atoms with Gasteiger partial charge < -0.3 is 15.8 Å². The molecule has 98 valence electrons. The third-order valence-electron chi connectivity index (χ3n) is 4.42. The lowest BCUT2D eigenvalue weighted by Gasteiger charge is -2.34. The second-order valence-electron chi connectivity index (χ2n) is 5.35. The van der Waals surface area contributed by atoms with E-state index in [4.69, 9.17) is 10.5 Å². The van der Waals surface area contributed by atoms with Crippen molar-refractivity contribution in [3.8, 4) is 0 Å². The van der Waals surface area contributed by atoms with Crippen LogP contribution in [0.2, 0.25) is 0 Å². The van der Waals surface area contributed by atoms with Crippen LogP contribution in [0.25, 0.3) is 0 Å². The van der Waals surface area contributed by atoms with Crippen molar-refractivity contribution < 1.29 is 9.53 Å². The first kappa shape index (κ1) is 12.8. The Morgan fingerprint density at radius 1 is 1.47 bits per heavy atom. The number of carbonyl (C=O) groups is 1. The summed E-state index contributed by atoms with van der Waals surface area (Å²) in [4.78, 5) is 11.8. The topological polar surface area (TPSA) is 64.3 Å². The Kier molecular flexibility index (Phi) is 4.05. The van der Waals surface area contributed by atoms with Crippen LogP contribution in [-0.2, 0) is 9.53 Å². The van der Waals surface area contributed by atoms with Gasteiger partial charge in [0.15, 0.2) is 0 Å². The molecule has 0 aromatic heterocycles. The van der Waals surface area contributed by atoms with Crippen molar-refractivity contribution in [2.45, 2.75) is 57.1 Å². The van der Waals surface area contributed by atoms with Crippen molar-refractivity contribution in [2.24, 2.45) is 11.7 Å². The third kappa shape index (κ3) is 2.47. The summed E-state index contributed by atoms with van der Waals surface area (Å²) in [6, 6.07) is 0. The average Bonchev–Trinajstić information content (AvgIpc) is 2.96. The van der Waals surface area contributed by atoms with Gasteiger partial charge >= 0.3 is 0 Å². The summed E-state index contributed by atoms with van der Waals surface area (Å²) in [5, 5.41) is 3.44. The fraction of sp³-hybridized carbons (Fsp3) is 0.923. The minimum Gasteiger partial charge on any atom is -0.377 e. The largest absolute Gasteiger partial charge is 0.377 e. The van der Waals surface area contributed by atoms with E-state index in [-0.39, 0.29) is 12.0 Å². The van der Waals surface area contributed by atoms with Crippen LogP contribution in [-0.4, -0.2) is 30.7 Å². The van der Waals surface area contributed by atoms with Gasteiger partial charge in [-0.15, -0.1) is 0 Å². The number of carbonyl (C=O) groups excluding carboxylic acids is 1. The molecule has 1 aliphatic heterocycles. The SMILES string of the molecule is CCC1CCCC1(NCC1CCCO1)C(N)=O. The molecule has 3 N–H and O–H groups in total. The Hall–Kier alpha value is -0.610. The van der Waals surface area contributed by atoms with Crippen molar-refractivity contribution in [2.75, 3.05) is 13.2 Å². The van der Waals surface area contributed by atoms with Crippen LogP contribution in [0.1, 0.15) is 45.4 Å². The van der Waals surface area contributed by atoms with E-state index in [0.717, 1.165) is 51.7 Å². The van der Waals surface area contributed by atoms with Gasteiger partial charge in [-0.2, -0.15) is 0 Å². The zero-order valence-electron chi connectivity index (χ0n) is 10.7. The molecule has 0 bridgehead atoms. The van der Waals surface area contributed by atoms with E-state index in [1.165, 1.54) is 0 Å². The highest BCUT2D eigenvalue weighted by Gasteiger charge is 2.46. The summed E-state index contributed by atoms with van der Waals surface area (Å²) in [5.74, 6) is 0.209. The quantitative estimate of drug-likeness (QED) is 0.758. The fourth-order valence-corrected chi connectivity index (χ4v) is 3.38. The summed E-state index contributed by atoms with van der Waals surface area (Å²) >= 11 is 0. The molecule has 2 fully saturated rings. The van der Waals surface area contributed by atoms with Crippen LogP contribution < -0.4 is 11.1 Å². The summed E-state index contributed by atoms with van der Waals surface area (Å²) in [7, 11) is 0. The van der Waals surface area contributed by atoms with E-state index in [1.54, 1.807) is 0 Å². The molecule has 17 heavy (non-hydrogen) atoms. The maximum Gasteiger partial charge on any atom is 0.238 e. The summed E-state index contributed by atoms with van der Waals surface area (Å²) in [6.07, 6.45) is 6.60. The highest BCUT2D eigenvalue weighted by atomic mass is 16.5. The maximum atomic E-state index is 11.8. The van der Waals surface area contributed by atoms with Gasteiger partial charge in [0.1, 0.15) is 5.54 Å². The molecule has 0 aromatic rings. The first-order valence-electron chi connectivity index (χ1n) is 6.85. The van der Waals surface area contributed by atoms with E-state index < -0.39 is 5.54 Å². The smallest absolute Gasteiger partial charge is 0.238 e. The highest BCUT2D eigenvalue weighted by molar-refractivity contribution is 5.85. The second kappa shape index (κ2) is 5.36. The van der Waals surface area contributed by atoms with Gasteiger partial charge in [-0.25, -0.2) is 0 Å². The number of primary amides is 1. The molecule has 0 radical (unpaired) electrons. The van der Waals surface area contributed by atoms with E-state index in [0.29, 0.717) is 5.92 Å². The molecule has 3 unspecified atom stereocenters. The lowest BCUT2D eigenvalue weighted by atomic mass is 9.84. The standard InChI is InChI=1S/C13H24N2O2/c1-2-10-5-3-7-13(10,12(14)16)15-9-11-6-4-8-17-11/h10-11,15H,2-9H2,1H3,(H2,14,16). The van der Waals surface area contributed by atoms with Crippen molar-refractivity contribution in [1.29, 1.82) is 0 Å². The van der Waals surface area contributed by atoms with Crippen LogP contribution >= 0.6 is 0 Å². The second-order valence-corrected chi connectivity index (χ2v) is 5.35. The molecule has 0 aromatic carbocycles. The zero-order chi connectivity index (χ0) is 12.3. The van der Waals surface area contributed by atoms with Crippen LogP contribution in [0.4, 0.5) is 0 Å². The number of amides is 1. The van der Waals surface area contributed by atoms with Gasteiger partial charge in [0, 0.05) is 13.2 Å². The molecule has 1 saturated heterocycles. The summed E-state index contributed by atoms with van der Waals surface area (Å²) in [6.45, 7) is 3.76. The zero-order valence-corrected chi connectivity index (χ0v) is 10.7. The lowest BCUT2D eigenvalue weighted by molar-refractivity contribution is -0.126. The molecular formula is C13H24N2O2. The number of rotatable bonds is 5. The molecule has 4 heteroatoms. The predicted octanol–water partition coefficient (Wildman–Crippen LogP) is 1.19. The molecule has 4 nitrogen and oxygen atoms in total. The summed E-state index contributed by atoms with van der Waals surface area (Å²) < 4.78 is 5.59. The molecule has 1 saturated carbocycles. The van der Waals surface area contributed by atoms with Crippen LogP contribution in [0, 0.1) is 5.92 Å². The Labute approximate surface area is 103 Å². The van der Waals surface area contributed by atoms with Crippen molar-refractivity contribution in [3.05, 3.63) is 0 Å². The Balaban J connectivity index is 1.98. The molecule has 1 amide bonds. The Morgan fingerprint density at radius 3 is 2.88 bits per heavy atom. The van der Waals surface area contributed by atoms with E-state index in [2.05, 4.69) is 12.2 Å². The first-order valence-corrected chi connectivity index (χ1v) is 6.85. The van der Waals surface area contributed by atoms with Gasteiger partial charge in [-0.1, -0.05) is 19.8 Å². The number of hydrogen-bond donors (Lipinski definition) is 2.